The first kappa shape index (κ1) is 12.9. The van der Waals surface area contributed by atoms with Crippen molar-refractivity contribution >= 4 is 11.3 Å². The van der Waals surface area contributed by atoms with Gasteiger partial charge in [0.1, 0.15) is 5.00 Å². The Bertz CT molecular complexity index is 558. The van der Waals surface area contributed by atoms with E-state index >= 15 is 0 Å². The molecule has 2 unspecified atom stereocenters. The Hall–Kier alpha value is -1.10. The van der Waals surface area contributed by atoms with Crippen molar-refractivity contribution in [3.63, 3.8) is 0 Å². The summed E-state index contributed by atoms with van der Waals surface area (Å²) in [5.41, 5.74) is 2.59. The Balaban J connectivity index is 1.92. The fourth-order valence-corrected chi connectivity index (χ4v) is 3.52. The first-order valence-electron chi connectivity index (χ1n) is 6.82. The average molecular weight is 276 g/mol. The van der Waals surface area contributed by atoms with Gasteiger partial charge in [0.2, 0.25) is 0 Å². The predicted octanol–water partition coefficient (Wildman–Crippen LogP) is 3.09. The van der Waals surface area contributed by atoms with Crippen molar-refractivity contribution in [2.75, 3.05) is 0 Å². The van der Waals surface area contributed by atoms with Crippen molar-refractivity contribution in [1.82, 2.24) is 9.88 Å². The first-order chi connectivity index (χ1) is 9.16. The van der Waals surface area contributed by atoms with Gasteiger partial charge >= 0.3 is 0 Å². The highest BCUT2D eigenvalue weighted by Crippen LogP contribution is 2.32. The van der Waals surface area contributed by atoms with Crippen molar-refractivity contribution in [1.29, 1.82) is 0 Å². The zero-order valence-corrected chi connectivity index (χ0v) is 12.2. The minimum atomic E-state index is -0.267. The fourth-order valence-electron chi connectivity index (χ4n) is 2.59. The van der Waals surface area contributed by atoms with Crippen LogP contribution in [0, 0.1) is 5.92 Å². The molecule has 0 saturated heterocycles. The van der Waals surface area contributed by atoms with Crippen molar-refractivity contribution in [3.05, 3.63) is 41.0 Å². The van der Waals surface area contributed by atoms with Crippen molar-refractivity contribution < 1.29 is 5.11 Å². The molecule has 0 aromatic carbocycles. The molecule has 0 aliphatic carbocycles. The van der Waals surface area contributed by atoms with Gasteiger partial charge in [0.25, 0.3) is 0 Å². The van der Waals surface area contributed by atoms with Crippen LogP contribution in [-0.2, 0) is 6.54 Å². The monoisotopic (exact) mass is 276 g/mol. The number of aliphatic hydroxyl groups excluding tert-OH is 1. The molecule has 0 fully saturated rings. The van der Waals surface area contributed by atoms with E-state index in [4.69, 9.17) is 0 Å². The minimum Gasteiger partial charge on any atom is -0.393 e. The molecule has 2 atom stereocenters. The highest BCUT2D eigenvalue weighted by Gasteiger charge is 2.25. The van der Waals surface area contributed by atoms with Crippen LogP contribution in [0.1, 0.15) is 37.6 Å². The normalized spacial score (nSPS) is 19.9. The van der Waals surface area contributed by atoms with E-state index in [1.807, 2.05) is 0 Å². The summed E-state index contributed by atoms with van der Waals surface area (Å²) in [6.45, 7) is 5.00. The number of hydrogen-bond donors (Lipinski definition) is 2. The molecule has 3 heterocycles. The van der Waals surface area contributed by atoms with Crippen LogP contribution in [0.15, 0.2) is 29.8 Å². The molecule has 0 bridgehead atoms. The van der Waals surface area contributed by atoms with Gasteiger partial charge in [0.15, 0.2) is 0 Å². The van der Waals surface area contributed by atoms with Crippen molar-refractivity contribution in [2.45, 2.75) is 39.0 Å². The summed E-state index contributed by atoms with van der Waals surface area (Å²) in [5, 5.41) is 17.2. The average Bonchev–Trinajstić information content (AvgIpc) is 3.00. The van der Waals surface area contributed by atoms with Gasteiger partial charge in [-0.2, -0.15) is 0 Å². The molecule has 2 aromatic rings. The second-order valence-corrected chi connectivity index (χ2v) is 6.43. The Morgan fingerprint density at radius 1 is 1.47 bits per heavy atom. The van der Waals surface area contributed by atoms with Crippen molar-refractivity contribution in [2.24, 2.45) is 5.92 Å². The lowest BCUT2D eigenvalue weighted by Gasteiger charge is -2.22. The number of nitrogens with one attached hydrogen (secondary N) is 1. The van der Waals surface area contributed by atoms with Crippen LogP contribution in [0.5, 0.6) is 0 Å². The third-order valence-corrected chi connectivity index (χ3v) is 4.82. The van der Waals surface area contributed by atoms with Crippen LogP contribution in [-0.4, -0.2) is 15.8 Å². The van der Waals surface area contributed by atoms with Crippen LogP contribution in [0.2, 0.25) is 0 Å². The number of hydrogen-bond acceptors (Lipinski definition) is 3. The van der Waals surface area contributed by atoms with Crippen LogP contribution < -0.4 is 5.32 Å². The van der Waals surface area contributed by atoms with Crippen LogP contribution in [0.25, 0.3) is 5.00 Å². The Morgan fingerprint density at radius 2 is 2.32 bits per heavy atom. The van der Waals surface area contributed by atoms with E-state index < -0.39 is 0 Å². The second-order valence-electron chi connectivity index (χ2n) is 5.53. The molecule has 19 heavy (non-hydrogen) atoms. The quantitative estimate of drug-likeness (QED) is 0.904. The lowest BCUT2D eigenvalue weighted by molar-refractivity contribution is 0.103. The second kappa shape index (κ2) is 5.12. The molecule has 3 rings (SSSR count). The summed E-state index contributed by atoms with van der Waals surface area (Å²) in [7, 11) is 0. The van der Waals surface area contributed by atoms with E-state index in [1.165, 1.54) is 16.3 Å². The van der Waals surface area contributed by atoms with Gasteiger partial charge in [0, 0.05) is 24.0 Å². The highest BCUT2D eigenvalue weighted by molar-refractivity contribution is 7.12. The lowest BCUT2D eigenvalue weighted by atomic mass is 9.98. The minimum absolute atomic E-state index is 0.215. The molecule has 1 aliphatic rings. The van der Waals surface area contributed by atoms with E-state index in [1.54, 1.807) is 11.3 Å². The standard InChI is InChI=1S/C15H20N2OS/c1-10(2)14(18)8-12-13-4-3-6-17(13)15-11(9-16-12)5-7-19-15/h3-7,10,12,14,16,18H,8-9H2,1-2H3. The molecular formula is C15H20N2OS. The van der Waals surface area contributed by atoms with E-state index in [-0.39, 0.29) is 12.1 Å². The molecular weight excluding hydrogens is 256 g/mol. The summed E-state index contributed by atoms with van der Waals surface area (Å²) in [4.78, 5) is 0. The maximum atomic E-state index is 10.2. The number of thiophene rings is 1. The fraction of sp³-hybridized carbons (Fsp3) is 0.467. The number of fused-ring (bicyclic) bond motifs is 3. The van der Waals surface area contributed by atoms with E-state index in [0.717, 1.165) is 13.0 Å². The molecule has 0 amide bonds. The summed E-state index contributed by atoms with van der Waals surface area (Å²) in [5.74, 6) is 0.294. The molecule has 3 nitrogen and oxygen atoms in total. The maximum Gasteiger partial charge on any atom is 0.104 e. The van der Waals surface area contributed by atoms with E-state index in [2.05, 4.69) is 53.5 Å². The third kappa shape index (κ3) is 2.36. The summed E-state index contributed by atoms with van der Waals surface area (Å²) < 4.78 is 2.26. The lowest BCUT2D eigenvalue weighted by Crippen LogP contribution is -2.27. The summed E-state index contributed by atoms with van der Waals surface area (Å²) in [6.07, 6.45) is 2.61. The van der Waals surface area contributed by atoms with Crippen molar-refractivity contribution in [3.8, 4) is 5.00 Å². The molecule has 1 aliphatic heterocycles. The molecule has 0 radical (unpaired) electrons. The maximum absolute atomic E-state index is 10.2. The SMILES string of the molecule is CC(C)C(O)CC1NCc2ccsc2-n2cccc21. The zero-order valence-electron chi connectivity index (χ0n) is 11.3. The Morgan fingerprint density at radius 3 is 3.11 bits per heavy atom. The highest BCUT2D eigenvalue weighted by atomic mass is 32.1. The Kier molecular flexibility index (Phi) is 3.48. The number of rotatable bonds is 3. The number of aliphatic hydroxyl groups is 1. The van der Waals surface area contributed by atoms with Gasteiger partial charge in [-0.25, -0.2) is 0 Å². The first-order valence-corrected chi connectivity index (χ1v) is 7.70. The van der Waals surface area contributed by atoms with Crippen LogP contribution >= 0.6 is 11.3 Å². The van der Waals surface area contributed by atoms with Gasteiger partial charge in [0.05, 0.1) is 12.1 Å². The largest absolute Gasteiger partial charge is 0.393 e. The summed E-state index contributed by atoms with van der Waals surface area (Å²) >= 11 is 1.77. The van der Waals surface area contributed by atoms with Gasteiger partial charge in [-0.1, -0.05) is 13.8 Å². The number of aromatic nitrogens is 1. The zero-order chi connectivity index (χ0) is 13.4. The van der Waals surface area contributed by atoms with Gasteiger partial charge in [-0.3, -0.25) is 0 Å². The molecule has 2 aromatic heterocycles. The van der Waals surface area contributed by atoms with Gasteiger partial charge in [-0.05, 0) is 35.9 Å². The van der Waals surface area contributed by atoms with Gasteiger partial charge in [-0.15, -0.1) is 11.3 Å². The predicted molar refractivity (Wildman–Crippen MR) is 78.7 cm³/mol. The Labute approximate surface area is 117 Å². The van der Waals surface area contributed by atoms with E-state index in [0.29, 0.717) is 5.92 Å². The smallest absolute Gasteiger partial charge is 0.104 e. The molecule has 2 N–H and O–H groups in total. The van der Waals surface area contributed by atoms with Gasteiger partial charge < -0.3 is 15.0 Å². The third-order valence-electron chi connectivity index (χ3n) is 3.87. The number of nitrogens with zero attached hydrogens (tertiary/aromatic N) is 1. The van der Waals surface area contributed by atoms with Crippen LogP contribution in [0.3, 0.4) is 0 Å². The molecule has 4 heteroatoms. The van der Waals surface area contributed by atoms with E-state index in [9.17, 15) is 5.11 Å². The topological polar surface area (TPSA) is 37.2 Å². The molecule has 0 spiro atoms. The summed E-state index contributed by atoms with van der Waals surface area (Å²) in [6, 6.07) is 6.63. The van der Waals surface area contributed by atoms with Crippen LogP contribution in [0.4, 0.5) is 0 Å². The molecule has 0 saturated carbocycles. The molecule has 102 valence electrons.